The van der Waals surface area contributed by atoms with Crippen LogP contribution >= 0.6 is 11.3 Å². The molecule has 0 aliphatic heterocycles. The molecule has 0 fully saturated rings. The number of hydrogen-bond donors (Lipinski definition) is 0. The summed E-state index contributed by atoms with van der Waals surface area (Å²) in [4.78, 5) is 0. The van der Waals surface area contributed by atoms with Crippen LogP contribution in [0.1, 0.15) is 12.5 Å². The van der Waals surface area contributed by atoms with Crippen LogP contribution in [0.3, 0.4) is 0 Å². The van der Waals surface area contributed by atoms with Gasteiger partial charge < -0.3 is 9.13 Å². The first-order valence-corrected chi connectivity index (χ1v) is 19.9. The zero-order valence-corrected chi connectivity index (χ0v) is 30.8. The van der Waals surface area contributed by atoms with Crippen molar-refractivity contribution in [1.82, 2.24) is 9.13 Å². The summed E-state index contributed by atoms with van der Waals surface area (Å²) < 4.78 is 7.70. The molecule has 1 aliphatic rings. The maximum atomic E-state index is 2.54. The van der Waals surface area contributed by atoms with E-state index in [4.69, 9.17) is 0 Å². The number of allylic oxidation sites excluding steroid dienone is 4. The average Bonchev–Trinajstić information content (AvgIpc) is 3.91. The first-order valence-electron chi connectivity index (χ1n) is 19.1. The number of thiophene rings is 1. The topological polar surface area (TPSA) is 9.86 Å². The van der Waals surface area contributed by atoms with Crippen LogP contribution in [0.5, 0.6) is 0 Å². The molecule has 0 radical (unpaired) electrons. The summed E-state index contributed by atoms with van der Waals surface area (Å²) in [5.74, 6) is 0. The van der Waals surface area contributed by atoms with Gasteiger partial charge in [-0.1, -0.05) is 140 Å². The summed E-state index contributed by atoms with van der Waals surface area (Å²) in [5.41, 5.74) is 11.2. The minimum Gasteiger partial charge on any atom is -0.333 e. The van der Waals surface area contributed by atoms with E-state index in [0.717, 1.165) is 6.42 Å². The van der Waals surface area contributed by atoms with E-state index in [-0.39, 0.29) is 0 Å². The second kappa shape index (κ2) is 11.9. The van der Waals surface area contributed by atoms with Gasteiger partial charge in [0.05, 0.1) is 28.3 Å². The molecule has 0 amide bonds. The standard InChI is InChI=1S/C52H34N2S/c1-2-14-37(15-3-1)53-46-22-9-6-17-40(46)42-27-25-34(31-50(42)53)33-26-28-48-45(30-33)41-18-7-10-23-47(41)54(48)49-32-36(29-35-13-4-5-16-38(35)49)39-20-12-21-44-43-19-8-11-24-51(43)55-52(39)44/h1-14,16-32,37H,15H2. The van der Waals surface area contributed by atoms with Gasteiger partial charge in [-0.3, -0.25) is 0 Å². The van der Waals surface area contributed by atoms with Crippen molar-refractivity contribution in [3.05, 3.63) is 188 Å². The Balaban J connectivity index is 1.07. The van der Waals surface area contributed by atoms with Crippen LogP contribution in [0.2, 0.25) is 0 Å². The van der Waals surface area contributed by atoms with E-state index in [9.17, 15) is 0 Å². The lowest BCUT2D eigenvalue weighted by atomic mass is 9.98. The van der Waals surface area contributed by atoms with Crippen molar-refractivity contribution in [1.29, 1.82) is 0 Å². The van der Waals surface area contributed by atoms with E-state index in [0.29, 0.717) is 6.04 Å². The van der Waals surface area contributed by atoms with Crippen molar-refractivity contribution >= 4 is 85.9 Å². The molecule has 8 aromatic carbocycles. The normalized spacial score (nSPS) is 14.5. The lowest BCUT2D eigenvalue weighted by Gasteiger charge is -2.18. The highest BCUT2D eigenvalue weighted by Gasteiger charge is 2.20. The van der Waals surface area contributed by atoms with E-state index in [1.165, 1.54) is 102 Å². The molecular formula is C52H34N2S. The number of para-hydroxylation sites is 2. The highest BCUT2D eigenvalue weighted by Crippen LogP contribution is 2.44. The summed E-state index contributed by atoms with van der Waals surface area (Å²) >= 11 is 1.89. The predicted molar refractivity (Wildman–Crippen MR) is 237 cm³/mol. The fraction of sp³-hybridized carbons (Fsp3) is 0.0385. The second-order valence-corrected chi connectivity index (χ2v) is 15.9. The Labute approximate surface area is 322 Å². The highest BCUT2D eigenvalue weighted by molar-refractivity contribution is 7.26. The van der Waals surface area contributed by atoms with E-state index >= 15 is 0 Å². The Morgan fingerprint density at radius 1 is 0.455 bits per heavy atom. The quantitative estimate of drug-likeness (QED) is 0.171. The molecule has 258 valence electrons. The average molecular weight is 719 g/mol. The van der Waals surface area contributed by atoms with Gasteiger partial charge in [0.1, 0.15) is 0 Å². The summed E-state index contributed by atoms with van der Waals surface area (Å²) in [5, 5.41) is 10.3. The molecule has 3 heterocycles. The van der Waals surface area contributed by atoms with Crippen molar-refractivity contribution in [2.45, 2.75) is 12.5 Å². The fourth-order valence-corrected chi connectivity index (χ4v) is 10.6. The number of rotatable bonds is 4. The van der Waals surface area contributed by atoms with Gasteiger partial charge in [0.2, 0.25) is 0 Å². The number of nitrogens with zero attached hydrogens (tertiary/aromatic N) is 2. The Morgan fingerprint density at radius 2 is 1.15 bits per heavy atom. The number of aromatic nitrogens is 2. The zero-order valence-electron chi connectivity index (χ0n) is 30.0. The third-order valence-electron chi connectivity index (χ3n) is 11.8. The molecule has 2 nitrogen and oxygen atoms in total. The predicted octanol–water partition coefficient (Wildman–Crippen LogP) is 14.8. The van der Waals surface area contributed by atoms with Gasteiger partial charge in [-0.2, -0.15) is 0 Å². The Kier molecular flexibility index (Phi) is 6.66. The van der Waals surface area contributed by atoms with Crippen LogP contribution < -0.4 is 0 Å². The third kappa shape index (κ3) is 4.60. The minimum atomic E-state index is 0.291. The minimum absolute atomic E-state index is 0.291. The van der Waals surface area contributed by atoms with Gasteiger partial charge >= 0.3 is 0 Å². The summed E-state index contributed by atoms with van der Waals surface area (Å²) in [6, 6.07) is 61.4. The molecule has 12 rings (SSSR count). The maximum absolute atomic E-state index is 2.54. The first-order chi connectivity index (χ1) is 27.3. The molecule has 11 aromatic rings. The van der Waals surface area contributed by atoms with E-state index in [1.807, 2.05) is 11.3 Å². The van der Waals surface area contributed by atoms with Gasteiger partial charge in [0, 0.05) is 52.6 Å². The van der Waals surface area contributed by atoms with E-state index in [2.05, 4.69) is 197 Å². The van der Waals surface area contributed by atoms with Crippen molar-refractivity contribution < 1.29 is 0 Å². The summed E-state index contributed by atoms with van der Waals surface area (Å²) in [7, 11) is 0. The second-order valence-electron chi connectivity index (χ2n) is 14.8. The van der Waals surface area contributed by atoms with Crippen molar-refractivity contribution in [3.63, 3.8) is 0 Å². The van der Waals surface area contributed by atoms with Crippen molar-refractivity contribution in [3.8, 4) is 27.9 Å². The highest BCUT2D eigenvalue weighted by atomic mass is 32.1. The molecule has 0 saturated heterocycles. The molecule has 0 bridgehead atoms. The maximum Gasteiger partial charge on any atom is 0.0560 e. The van der Waals surface area contributed by atoms with Crippen LogP contribution in [0, 0.1) is 0 Å². The molecular weight excluding hydrogens is 685 g/mol. The van der Waals surface area contributed by atoms with Crippen LogP contribution in [-0.2, 0) is 0 Å². The zero-order chi connectivity index (χ0) is 36.0. The van der Waals surface area contributed by atoms with Crippen LogP contribution in [0.4, 0.5) is 0 Å². The van der Waals surface area contributed by atoms with Gasteiger partial charge in [0.25, 0.3) is 0 Å². The van der Waals surface area contributed by atoms with Gasteiger partial charge in [0.15, 0.2) is 0 Å². The van der Waals surface area contributed by atoms with E-state index < -0.39 is 0 Å². The molecule has 0 spiro atoms. The van der Waals surface area contributed by atoms with Gasteiger partial charge in [-0.15, -0.1) is 11.3 Å². The monoisotopic (exact) mass is 718 g/mol. The molecule has 3 aromatic heterocycles. The smallest absolute Gasteiger partial charge is 0.0560 e. The Morgan fingerprint density at radius 3 is 2.02 bits per heavy atom. The van der Waals surface area contributed by atoms with Crippen molar-refractivity contribution in [2.75, 3.05) is 0 Å². The largest absolute Gasteiger partial charge is 0.333 e. The Hall–Kier alpha value is -6.68. The van der Waals surface area contributed by atoms with Crippen molar-refractivity contribution in [2.24, 2.45) is 0 Å². The first kappa shape index (κ1) is 30.7. The van der Waals surface area contributed by atoms with Gasteiger partial charge in [-0.05, 0) is 82.6 Å². The van der Waals surface area contributed by atoms with Crippen LogP contribution in [-0.4, -0.2) is 9.13 Å². The van der Waals surface area contributed by atoms with Gasteiger partial charge in [-0.25, -0.2) is 0 Å². The number of benzene rings is 8. The molecule has 1 atom stereocenters. The third-order valence-corrected chi connectivity index (χ3v) is 13.0. The number of fused-ring (bicyclic) bond motifs is 10. The molecule has 3 heteroatoms. The molecule has 1 aliphatic carbocycles. The fourth-order valence-electron chi connectivity index (χ4n) is 9.31. The van der Waals surface area contributed by atoms with Crippen LogP contribution in [0.25, 0.3) is 102 Å². The summed E-state index contributed by atoms with van der Waals surface area (Å²) in [6.45, 7) is 0. The number of hydrogen-bond acceptors (Lipinski definition) is 1. The lowest BCUT2D eigenvalue weighted by molar-refractivity contribution is 0.648. The lowest BCUT2D eigenvalue weighted by Crippen LogP contribution is -2.06. The molecule has 0 N–H and O–H groups in total. The SMILES string of the molecule is C1=CCC(n2c3ccccc3c3ccc(-c4ccc5c(c4)c4ccccc4n5-c4cc(-c5cccc6c5sc5ccccc56)cc5ccccc45)cc32)C=C1. The molecule has 1 unspecified atom stereocenters. The Bertz CT molecular complexity index is 3420. The van der Waals surface area contributed by atoms with Crippen LogP contribution in [0.15, 0.2) is 188 Å². The molecule has 55 heavy (non-hydrogen) atoms. The summed E-state index contributed by atoms with van der Waals surface area (Å²) in [6.07, 6.45) is 9.95. The van der Waals surface area contributed by atoms with E-state index in [1.54, 1.807) is 0 Å². The molecule has 0 saturated carbocycles.